The fraction of sp³-hybridized carbons (Fsp3) is 0.333. The molecule has 0 heterocycles. The average Bonchev–Trinajstić information content (AvgIpc) is 2.56. The van der Waals surface area contributed by atoms with Crippen molar-refractivity contribution in [2.24, 2.45) is 0 Å². The van der Waals surface area contributed by atoms with Gasteiger partial charge >= 0.3 is 0 Å². The smallest absolute Gasteiger partial charge is 0.120 e. The SMILES string of the molecule is CNCC(O)C(c1ccccc1)N(C)c1cccc(OC)c1. The van der Waals surface area contributed by atoms with Crippen molar-refractivity contribution in [3.8, 4) is 5.75 Å². The molecule has 2 aromatic carbocycles. The zero-order valence-electron chi connectivity index (χ0n) is 13.4. The van der Waals surface area contributed by atoms with E-state index < -0.39 is 6.10 Å². The summed E-state index contributed by atoms with van der Waals surface area (Å²) in [6.07, 6.45) is -0.524. The van der Waals surface area contributed by atoms with Crippen LogP contribution in [0.5, 0.6) is 5.75 Å². The number of hydrogen-bond donors (Lipinski definition) is 2. The number of anilines is 1. The van der Waals surface area contributed by atoms with E-state index >= 15 is 0 Å². The van der Waals surface area contributed by atoms with E-state index in [9.17, 15) is 5.11 Å². The van der Waals surface area contributed by atoms with E-state index in [1.807, 2.05) is 68.7 Å². The number of rotatable bonds is 7. The zero-order chi connectivity index (χ0) is 15.9. The van der Waals surface area contributed by atoms with Crippen molar-refractivity contribution in [2.45, 2.75) is 12.1 Å². The predicted molar refractivity (Wildman–Crippen MR) is 90.5 cm³/mol. The van der Waals surface area contributed by atoms with Crippen LogP contribution in [0.2, 0.25) is 0 Å². The summed E-state index contributed by atoms with van der Waals surface area (Å²) in [6.45, 7) is 0.522. The minimum absolute atomic E-state index is 0.138. The van der Waals surface area contributed by atoms with Gasteiger partial charge in [-0.15, -0.1) is 0 Å². The third kappa shape index (κ3) is 3.78. The van der Waals surface area contributed by atoms with Gasteiger partial charge in [0.25, 0.3) is 0 Å². The molecule has 2 unspecified atom stereocenters. The molecule has 4 heteroatoms. The fourth-order valence-corrected chi connectivity index (χ4v) is 2.67. The lowest BCUT2D eigenvalue weighted by atomic mass is 9.99. The summed E-state index contributed by atoms with van der Waals surface area (Å²) in [4.78, 5) is 2.08. The normalized spacial score (nSPS) is 13.5. The van der Waals surface area contributed by atoms with E-state index in [4.69, 9.17) is 4.74 Å². The molecule has 0 radical (unpaired) electrons. The van der Waals surface area contributed by atoms with Gasteiger partial charge in [-0.3, -0.25) is 0 Å². The standard InChI is InChI=1S/C18H24N2O2/c1-19-13-17(21)18(14-8-5-4-6-9-14)20(2)15-10-7-11-16(12-15)22-3/h4-12,17-19,21H,13H2,1-3H3. The highest BCUT2D eigenvalue weighted by molar-refractivity contribution is 5.52. The highest BCUT2D eigenvalue weighted by Gasteiger charge is 2.25. The third-order valence-electron chi connectivity index (χ3n) is 3.80. The molecule has 2 atom stereocenters. The van der Waals surface area contributed by atoms with Crippen molar-refractivity contribution in [1.29, 1.82) is 0 Å². The first kappa shape index (κ1) is 16.3. The molecule has 2 aromatic rings. The van der Waals surface area contributed by atoms with Gasteiger partial charge in [0.05, 0.1) is 19.3 Å². The highest BCUT2D eigenvalue weighted by Crippen LogP contribution is 2.30. The Morgan fingerprint density at radius 3 is 2.50 bits per heavy atom. The van der Waals surface area contributed by atoms with Crippen molar-refractivity contribution in [1.82, 2.24) is 5.32 Å². The number of aliphatic hydroxyl groups excluding tert-OH is 1. The minimum atomic E-state index is -0.524. The van der Waals surface area contributed by atoms with E-state index in [1.165, 1.54) is 0 Å². The molecule has 4 nitrogen and oxygen atoms in total. The summed E-state index contributed by atoms with van der Waals surface area (Å²) in [5.74, 6) is 0.805. The molecule has 2 rings (SSSR count). The van der Waals surface area contributed by atoms with Gasteiger partial charge in [0, 0.05) is 25.3 Å². The third-order valence-corrected chi connectivity index (χ3v) is 3.80. The first-order chi connectivity index (χ1) is 10.7. The molecule has 0 fully saturated rings. The van der Waals surface area contributed by atoms with Crippen molar-refractivity contribution in [3.63, 3.8) is 0 Å². The second-order valence-electron chi connectivity index (χ2n) is 5.29. The molecular weight excluding hydrogens is 276 g/mol. The van der Waals surface area contributed by atoms with Gasteiger partial charge < -0.3 is 20.1 Å². The summed E-state index contributed by atoms with van der Waals surface area (Å²) in [5.41, 5.74) is 2.08. The maximum Gasteiger partial charge on any atom is 0.120 e. The lowest BCUT2D eigenvalue weighted by molar-refractivity contribution is 0.142. The molecular formula is C18H24N2O2. The van der Waals surface area contributed by atoms with Crippen molar-refractivity contribution in [3.05, 3.63) is 60.2 Å². The first-order valence-electron chi connectivity index (χ1n) is 7.42. The number of ether oxygens (including phenoxy) is 1. The van der Waals surface area contributed by atoms with Crippen LogP contribution in [0.3, 0.4) is 0 Å². The van der Waals surface area contributed by atoms with E-state index in [-0.39, 0.29) is 6.04 Å². The number of hydrogen-bond acceptors (Lipinski definition) is 4. The second-order valence-corrected chi connectivity index (χ2v) is 5.29. The predicted octanol–water partition coefficient (Wildman–Crippen LogP) is 2.45. The van der Waals surface area contributed by atoms with Crippen molar-refractivity contribution < 1.29 is 9.84 Å². The van der Waals surface area contributed by atoms with E-state index in [0.29, 0.717) is 6.54 Å². The largest absolute Gasteiger partial charge is 0.497 e. The Morgan fingerprint density at radius 2 is 1.86 bits per heavy atom. The summed E-state index contributed by atoms with van der Waals surface area (Å²) in [7, 11) is 5.49. The summed E-state index contributed by atoms with van der Waals surface area (Å²) < 4.78 is 5.30. The molecule has 0 aliphatic heterocycles. The quantitative estimate of drug-likeness (QED) is 0.824. The van der Waals surface area contributed by atoms with Crippen LogP contribution in [0, 0.1) is 0 Å². The molecule has 2 N–H and O–H groups in total. The Hall–Kier alpha value is -2.04. The van der Waals surface area contributed by atoms with Crippen LogP contribution in [0.15, 0.2) is 54.6 Å². The van der Waals surface area contributed by atoms with Crippen LogP contribution in [0.4, 0.5) is 5.69 Å². The number of likely N-dealkylation sites (N-methyl/N-ethyl adjacent to an activating group) is 2. The molecule has 0 aliphatic rings. The van der Waals surface area contributed by atoms with Gasteiger partial charge in [-0.05, 0) is 24.7 Å². The number of methoxy groups -OCH3 is 1. The molecule has 0 bridgehead atoms. The molecule has 0 saturated carbocycles. The Labute approximate surface area is 132 Å². The van der Waals surface area contributed by atoms with Crippen molar-refractivity contribution >= 4 is 5.69 Å². The van der Waals surface area contributed by atoms with Crippen LogP contribution in [-0.2, 0) is 0 Å². The van der Waals surface area contributed by atoms with Gasteiger partial charge in [0.2, 0.25) is 0 Å². The van der Waals surface area contributed by atoms with Crippen LogP contribution >= 0.6 is 0 Å². The summed E-state index contributed by atoms with van der Waals surface area (Å²) in [6, 6.07) is 17.8. The number of nitrogens with one attached hydrogen (secondary N) is 1. The Morgan fingerprint density at radius 1 is 1.14 bits per heavy atom. The molecule has 0 aromatic heterocycles. The number of aliphatic hydroxyl groups is 1. The van der Waals surface area contributed by atoms with Gasteiger partial charge in [-0.2, -0.15) is 0 Å². The molecule has 22 heavy (non-hydrogen) atoms. The average molecular weight is 300 g/mol. The van der Waals surface area contributed by atoms with Crippen LogP contribution < -0.4 is 15.0 Å². The van der Waals surface area contributed by atoms with Gasteiger partial charge in [-0.25, -0.2) is 0 Å². The molecule has 0 spiro atoms. The summed E-state index contributed by atoms with van der Waals surface area (Å²) >= 11 is 0. The number of nitrogens with zero attached hydrogens (tertiary/aromatic N) is 1. The van der Waals surface area contributed by atoms with Gasteiger partial charge in [-0.1, -0.05) is 36.4 Å². The molecule has 118 valence electrons. The topological polar surface area (TPSA) is 44.7 Å². The van der Waals surface area contributed by atoms with Crippen molar-refractivity contribution in [2.75, 3.05) is 32.6 Å². The van der Waals surface area contributed by atoms with Crippen LogP contribution in [0.1, 0.15) is 11.6 Å². The summed E-state index contributed by atoms with van der Waals surface area (Å²) in [5, 5.41) is 13.6. The fourth-order valence-electron chi connectivity index (χ4n) is 2.67. The maximum atomic E-state index is 10.6. The van der Waals surface area contributed by atoms with Gasteiger partial charge in [0.15, 0.2) is 0 Å². The number of benzene rings is 2. The van der Waals surface area contributed by atoms with Crippen LogP contribution in [-0.4, -0.2) is 39.0 Å². The van der Waals surface area contributed by atoms with Gasteiger partial charge in [0.1, 0.15) is 5.75 Å². The highest BCUT2D eigenvalue weighted by atomic mass is 16.5. The zero-order valence-corrected chi connectivity index (χ0v) is 13.4. The first-order valence-corrected chi connectivity index (χ1v) is 7.42. The van der Waals surface area contributed by atoms with E-state index in [0.717, 1.165) is 17.0 Å². The van der Waals surface area contributed by atoms with E-state index in [1.54, 1.807) is 7.11 Å². The Kier molecular flexibility index (Phi) is 5.81. The van der Waals surface area contributed by atoms with E-state index in [2.05, 4.69) is 10.2 Å². The molecule has 0 aliphatic carbocycles. The lowest BCUT2D eigenvalue weighted by Crippen LogP contribution is -2.39. The van der Waals surface area contributed by atoms with Crippen LogP contribution in [0.25, 0.3) is 0 Å². The monoisotopic (exact) mass is 300 g/mol. The maximum absolute atomic E-state index is 10.6. The Bertz CT molecular complexity index is 574. The Balaban J connectivity index is 2.35. The minimum Gasteiger partial charge on any atom is -0.497 e. The molecule has 0 saturated heterocycles. The molecule has 0 amide bonds. The lowest BCUT2D eigenvalue weighted by Gasteiger charge is -2.34. The second kappa shape index (κ2) is 7.82.